The van der Waals surface area contributed by atoms with E-state index in [0.29, 0.717) is 23.7 Å². The highest BCUT2D eigenvalue weighted by molar-refractivity contribution is 5.39. The van der Waals surface area contributed by atoms with E-state index in [1.807, 2.05) is 10.6 Å². The molecule has 0 aliphatic carbocycles. The number of fused-ring (bicyclic) bond motifs is 5. The highest BCUT2D eigenvalue weighted by Gasteiger charge is 2.38. The Morgan fingerprint density at radius 3 is 2.70 bits per heavy atom. The van der Waals surface area contributed by atoms with Gasteiger partial charge in [-0.25, -0.2) is 4.98 Å². The number of nitrogens with one attached hydrogen (secondary N) is 1. The van der Waals surface area contributed by atoms with Gasteiger partial charge in [0.1, 0.15) is 5.82 Å². The van der Waals surface area contributed by atoms with Gasteiger partial charge in [-0.3, -0.25) is 14.5 Å². The number of piperidine rings is 1. The van der Waals surface area contributed by atoms with Gasteiger partial charge in [0.25, 0.3) is 11.1 Å². The van der Waals surface area contributed by atoms with Crippen molar-refractivity contribution in [1.82, 2.24) is 19.4 Å². The first-order valence-electron chi connectivity index (χ1n) is 11.0. The molecule has 6 heterocycles. The van der Waals surface area contributed by atoms with Gasteiger partial charge in [-0.05, 0) is 18.4 Å². The number of aromatic amines is 1. The predicted molar refractivity (Wildman–Crippen MR) is 112 cm³/mol. The number of anilines is 1. The first-order valence-corrected chi connectivity index (χ1v) is 11.0. The average Bonchev–Trinajstić information content (AvgIpc) is 3.32. The van der Waals surface area contributed by atoms with Gasteiger partial charge in [-0.2, -0.15) is 0 Å². The van der Waals surface area contributed by atoms with Gasteiger partial charge in [0.2, 0.25) is 0 Å². The Balaban J connectivity index is 1.24. The lowest BCUT2D eigenvalue weighted by Crippen LogP contribution is -2.48. The second-order valence-electron chi connectivity index (χ2n) is 9.42. The molecule has 0 aromatic carbocycles. The quantitative estimate of drug-likeness (QED) is 0.801. The van der Waals surface area contributed by atoms with Gasteiger partial charge in [0.05, 0.1) is 19.5 Å². The molecule has 4 atom stereocenters. The summed E-state index contributed by atoms with van der Waals surface area (Å²) in [6, 6.07) is 5.77. The SMILES string of the molecule is O=c1cc(N2C[C@@H]3C[C@H](C2)c2ccc(CN4C[C@H]5COC[C@H]5C4)c(=O)n2C3)nc[nH]1. The van der Waals surface area contributed by atoms with E-state index in [2.05, 4.69) is 25.8 Å². The first kappa shape index (κ1) is 18.3. The normalized spacial score (nSPS) is 30.3. The third-order valence-electron chi connectivity index (χ3n) is 7.38. The molecule has 0 unspecified atom stereocenters. The predicted octanol–water partition coefficient (Wildman–Crippen LogP) is 0.634. The number of rotatable bonds is 3. The fourth-order valence-electron chi connectivity index (χ4n) is 5.98. The minimum absolute atomic E-state index is 0.130. The summed E-state index contributed by atoms with van der Waals surface area (Å²) in [5.74, 6) is 2.69. The van der Waals surface area contributed by atoms with Gasteiger partial charge >= 0.3 is 0 Å². The zero-order chi connectivity index (χ0) is 20.2. The lowest BCUT2D eigenvalue weighted by Gasteiger charge is -2.43. The Bertz CT molecular complexity index is 1070. The number of H-pyrrole nitrogens is 1. The highest BCUT2D eigenvalue weighted by atomic mass is 16.5. The van der Waals surface area contributed by atoms with Gasteiger partial charge in [0, 0.05) is 74.3 Å². The van der Waals surface area contributed by atoms with Crippen LogP contribution in [0.1, 0.15) is 23.6 Å². The zero-order valence-electron chi connectivity index (χ0n) is 17.0. The molecule has 1 N–H and O–H groups in total. The molecule has 2 aromatic rings. The van der Waals surface area contributed by atoms with Crippen LogP contribution >= 0.6 is 0 Å². The molecule has 6 rings (SSSR count). The number of likely N-dealkylation sites (tertiary alicyclic amines) is 1. The van der Waals surface area contributed by atoms with E-state index in [1.54, 1.807) is 6.07 Å². The molecular weight excluding hydrogens is 382 g/mol. The van der Waals surface area contributed by atoms with Gasteiger partial charge in [0.15, 0.2) is 0 Å². The second kappa shape index (κ2) is 7.06. The smallest absolute Gasteiger partial charge is 0.255 e. The van der Waals surface area contributed by atoms with Crippen LogP contribution in [0.5, 0.6) is 0 Å². The zero-order valence-corrected chi connectivity index (χ0v) is 17.0. The van der Waals surface area contributed by atoms with Crippen LogP contribution in [-0.4, -0.2) is 58.8 Å². The van der Waals surface area contributed by atoms with E-state index in [4.69, 9.17) is 4.74 Å². The number of ether oxygens (including phenoxy) is 1. The van der Waals surface area contributed by atoms with E-state index < -0.39 is 0 Å². The number of hydrogen-bond donors (Lipinski definition) is 1. The molecular formula is C22H27N5O3. The summed E-state index contributed by atoms with van der Waals surface area (Å²) in [4.78, 5) is 36.6. The van der Waals surface area contributed by atoms with E-state index in [0.717, 1.165) is 76.0 Å². The van der Waals surface area contributed by atoms with Crippen LogP contribution < -0.4 is 16.0 Å². The van der Waals surface area contributed by atoms with Crippen molar-refractivity contribution < 1.29 is 4.74 Å². The van der Waals surface area contributed by atoms with Crippen LogP contribution in [0.2, 0.25) is 0 Å². The Kier molecular flexibility index (Phi) is 4.31. The van der Waals surface area contributed by atoms with Crippen LogP contribution in [0.3, 0.4) is 0 Å². The van der Waals surface area contributed by atoms with Crippen molar-refractivity contribution in [1.29, 1.82) is 0 Å². The number of aromatic nitrogens is 3. The van der Waals surface area contributed by atoms with Crippen molar-refractivity contribution in [2.24, 2.45) is 17.8 Å². The van der Waals surface area contributed by atoms with Gasteiger partial charge < -0.3 is 19.2 Å². The summed E-state index contributed by atoms with van der Waals surface area (Å²) >= 11 is 0. The maximum absolute atomic E-state index is 13.3. The molecule has 0 saturated carbocycles. The van der Waals surface area contributed by atoms with E-state index in [-0.39, 0.29) is 11.1 Å². The van der Waals surface area contributed by atoms with Gasteiger partial charge in [-0.15, -0.1) is 0 Å². The van der Waals surface area contributed by atoms with E-state index in [1.165, 1.54) is 6.33 Å². The number of pyridine rings is 1. The molecule has 0 spiro atoms. The van der Waals surface area contributed by atoms with Crippen molar-refractivity contribution in [3.8, 4) is 0 Å². The molecule has 2 aromatic heterocycles. The summed E-state index contributed by atoms with van der Waals surface area (Å²) < 4.78 is 7.60. The summed E-state index contributed by atoms with van der Waals surface area (Å²) in [6.45, 7) is 6.92. The van der Waals surface area contributed by atoms with Crippen molar-refractivity contribution in [3.63, 3.8) is 0 Å². The topological polar surface area (TPSA) is 83.5 Å². The largest absolute Gasteiger partial charge is 0.381 e. The Morgan fingerprint density at radius 1 is 1.07 bits per heavy atom. The van der Waals surface area contributed by atoms with Crippen LogP contribution in [-0.2, 0) is 17.8 Å². The maximum atomic E-state index is 13.3. The summed E-state index contributed by atoms with van der Waals surface area (Å²) in [5, 5.41) is 0. The molecule has 2 bridgehead atoms. The van der Waals surface area contributed by atoms with Crippen LogP contribution in [0, 0.1) is 17.8 Å². The monoisotopic (exact) mass is 409 g/mol. The highest BCUT2D eigenvalue weighted by Crippen LogP contribution is 2.36. The van der Waals surface area contributed by atoms with Crippen molar-refractivity contribution in [2.75, 3.05) is 44.3 Å². The Hall–Kier alpha value is -2.45. The molecule has 30 heavy (non-hydrogen) atoms. The molecule has 0 amide bonds. The minimum atomic E-state index is -0.130. The van der Waals surface area contributed by atoms with Crippen LogP contribution in [0.4, 0.5) is 5.82 Å². The van der Waals surface area contributed by atoms with Crippen LogP contribution in [0.15, 0.2) is 34.1 Å². The standard InChI is InChI=1S/C22H27N5O3/c28-21-4-20(23-13-24-21)26-5-14-3-16(10-26)19-2-1-15(22(29)27(19)6-14)7-25-8-17-11-30-12-18(17)9-25/h1-2,4,13-14,16-18H,3,5-12H2,(H,23,24,28)/t14-,16+,17-,18+/m0/s1. The fourth-order valence-corrected chi connectivity index (χ4v) is 5.98. The molecule has 4 aliphatic rings. The lowest BCUT2D eigenvalue weighted by atomic mass is 9.83. The molecule has 4 aliphatic heterocycles. The average molecular weight is 409 g/mol. The van der Waals surface area contributed by atoms with Crippen molar-refractivity contribution in [2.45, 2.75) is 25.4 Å². The van der Waals surface area contributed by atoms with Gasteiger partial charge in [-0.1, -0.05) is 6.07 Å². The van der Waals surface area contributed by atoms with Crippen molar-refractivity contribution in [3.05, 3.63) is 56.5 Å². The molecule has 8 nitrogen and oxygen atoms in total. The summed E-state index contributed by atoms with van der Waals surface area (Å²) in [5.41, 5.74) is 2.09. The number of nitrogens with zero attached hydrogens (tertiary/aromatic N) is 4. The molecule has 3 fully saturated rings. The molecule has 3 saturated heterocycles. The lowest BCUT2D eigenvalue weighted by molar-refractivity contribution is 0.152. The summed E-state index contributed by atoms with van der Waals surface area (Å²) in [7, 11) is 0. The first-order chi connectivity index (χ1) is 14.6. The van der Waals surface area contributed by atoms with Crippen molar-refractivity contribution >= 4 is 5.82 Å². The van der Waals surface area contributed by atoms with E-state index in [9.17, 15) is 9.59 Å². The molecule has 158 valence electrons. The maximum Gasteiger partial charge on any atom is 0.255 e. The third-order valence-corrected chi connectivity index (χ3v) is 7.38. The summed E-state index contributed by atoms with van der Waals surface area (Å²) in [6.07, 6.45) is 2.55. The molecule has 0 radical (unpaired) electrons. The Morgan fingerprint density at radius 2 is 1.90 bits per heavy atom. The fraction of sp³-hybridized carbons (Fsp3) is 0.591. The Labute approximate surface area is 174 Å². The van der Waals surface area contributed by atoms with Crippen LogP contribution in [0.25, 0.3) is 0 Å². The second-order valence-corrected chi connectivity index (χ2v) is 9.42. The number of hydrogen-bond acceptors (Lipinski definition) is 6. The van der Waals surface area contributed by atoms with E-state index >= 15 is 0 Å². The third kappa shape index (κ3) is 3.09. The minimum Gasteiger partial charge on any atom is -0.381 e. The molecule has 8 heteroatoms.